The summed E-state index contributed by atoms with van der Waals surface area (Å²) in [7, 11) is 4.07. The quantitative estimate of drug-likeness (QED) is 0.389. The number of hydrogen-bond acceptors (Lipinski definition) is 1. The molecule has 0 amide bonds. The van der Waals surface area contributed by atoms with Gasteiger partial charge in [0.05, 0.1) is 0 Å². The molecule has 0 N–H and O–H groups in total. The van der Waals surface area contributed by atoms with Gasteiger partial charge >= 0.3 is 0 Å². The first-order valence-corrected chi connectivity index (χ1v) is 10.4. The maximum Gasteiger partial charge on any atom is 0.0305 e. The average molecular weight is 244 g/mol. The normalized spacial score (nSPS) is 11.6. The molecule has 0 aromatic rings. The zero-order valence-electron chi connectivity index (χ0n) is 12.1. The number of rotatable bonds is 11. The van der Waals surface area contributed by atoms with Crippen LogP contribution < -0.4 is 0 Å². The highest BCUT2D eigenvalue weighted by atomic mass is 28.3. The second kappa shape index (κ2) is 11.7. The van der Waals surface area contributed by atoms with Gasteiger partial charge in [0.25, 0.3) is 0 Å². The number of hydrogen-bond donors (Lipinski definition) is 0. The molecular weight excluding hydrogens is 210 g/mol. The van der Waals surface area contributed by atoms with Crippen molar-refractivity contribution in [2.24, 2.45) is 0 Å². The molecule has 0 bridgehead atoms. The van der Waals surface area contributed by atoms with Crippen LogP contribution in [0.5, 0.6) is 0 Å². The van der Waals surface area contributed by atoms with Gasteiger partial charge in [-0.15, -0.1) is 0 Å². The predicted octanol–water partition coefficient (Wildman–Crippen LogP) is 4.16. The molecule has 0 fully saturated rings. The third-order valence-corrected chi connectivity index (χ3v) is 4.70. The van der Waals surface area contributed by atoms with Gasteiger partial charge < -0.3 is 4.90 Å². The van der Waals surface area contributed by atoms with Crippen LogP contribution in [-0.2, 0) is 0 Å². The fraction of sp³-hybridized carbons (Fsp3) is 1.00. The van der Waals surface area contributed by atoms with E-state index in [0.29, 0.717) is 0 Å². The summed E-state index contributed by atoms with van der Waals surface area (Å²) in [5.74, 6) is 0. The van der Waals surface area contributed by atoms with E-state index in [1.807, 2.05) is 0 Å². The molecule has 0 saturated heterocycles. The molecule has 2 heteroatoms. The first kappa shape index (κ1) is 16.2. The third-order valence-electron chi connectivity index (χ3n) is 3.14. The van der Waals surface area contributed by atoms with E-state index in [4.69, 9.17) is 0 Å². The highest BCUT2D eigenvalue weighted by Gasteiger charge is 1.96. The van der Waals surface area contributed by atoms with Crippen LogP contribution in [0.2, 0.25) is 19.1 Å². The highest BCUT2D eigenvalue weighted by Crippen LogP contribution is 2.10. The van der Waals surface area contributed by atoms with Crippen molar-refractivity contribution in [2.45, 2.75) is 70.5 Å². The van der Waals surface area contributed by atoms with E-state index in [-0.39, 0.29) is 8.80 Å². The van der Waals surface area contributed by atoms with E-state index in [1.165, 1.54) is 57.9 Å². The smallest absolute Gasteiger partial charge is 0.0305 e. The van der Waals surface area contributed by atoms with Gasteiger partial charge in [0.15, 0.2) is 0 Å². The van der Waals surface area contributed by atoms with Crippen LogP contribution in [0.25, 0.3) is 0 Å². The molecular formula is C14H33NSi. The molecule has 1 nitrogen and oxygen atoms in total. The predicted molar refractivity (Wildman–Crippen MR) is 79.2 cm³/mol. The fourth-order valence-corrected chi connectivity index (χ4v) is 3.15. The first-order valence-electron chi connectivity index (χ1n) is 7.27. The van der Waals surface area contributed by atoms with E-state index in [2.05, 4.69) is 32.1 Å². The minimum Gasteiger partial charge on any atom is -0.309 e. The molecule has 0 radical (unpaired) electrons. The lowest BCUT2D eigenvalue weighted by Crippen LogP contribution is -2.12. The Morgan fingerprint density at radius 3 is 1.56 bits per heavy atom. The Bertz CT molecular complexity index is 119. The van der Waals surface area contributed by atoms with E-state index in [1.54, 1.807) is 6.04 Å². The topological polar surface area (TPSA) is 3.24 Å². The lowest BCUT2D eigenvalue weighted by atomic mass is 10.1. The number of unbranched alkanes of at least 4 members (excludes halogenated alkanes) is 7. The van der Waals surface area contributed by atoms with Gasteiger partial charge in [-0.2, -0.15) is 0 Å². The minimum atomic E-state index is -0.259. The summed E-state index contributed by atoms with van der Waals surface area (Å²) in [4.78, 5) is 2.29. The molecule has 0 aliphatic rings. The standard InChI is InChI=1S/C14H33NSi/c1-15(2)13-11-9-7-5-6-8-10-12-14-16(3)4/h16H,5-14H2,1-4H3. The zero-order valence-corrected chi connectivity index (χ0v) is 13.3. The summed E-state index contributed by atoms with van der Waals surface area (Å²) in [5, 5.41) is 0. The Morgan fingerprint density at radius 1 is 0.688 bits per heavy atom. The summed E-state index contributed by atoms with van der Waals surface area (Å²) >= 11 is 0. The monoisotopic (exact) mass is 243 g/mol. The Morgan fingerprint density at radius 2 is 1.12 bits per heavy atom. The van der Waals surface area contributed by atoms with Gasteiger partial charge in [-0.05, 0) is 27.1 Å². The highest BCUT2D eigenvalue weighted by molar-refractivity contribution is 6.55. The van der Waals surface area contributed by atoms with Crippen molar-refractivity contribution in [3.63, 3.8) is 0 Å². The van der Waals surface area contributed by atoms with E-state index < -0.39 is 0 Å². The lowest BCUT2D eigenvalue weighted by Gasteiger charge is -2.08. The van der Waals surface area contributed by atoms with Crippen molar-refractivity contribution in [1.29, 1.82) is 0 Å². The van der Waals surface area contributed by atoms with Crippen molar-refractivity contribution in [2.75, 3.05) is 20.6 Å². The van der Waals surface area contributed by atoms with Crippen LogP contribution in [0, 0.1) is 0 Å². The summed E-state index contributed by atoms with van der Waals surface area (Å²) in [5.41, 5.74) is 0. The van der Waals surface area contributed by atoms with Gasteiger partial charge in [-0.1, -0.05) is 64.1 Å². The molecule has 0 aromatic heterocycles. The molecule has 0 aliphatic heterocycles. The van der Waals surface area contributed by atoms with E-state index >= 15 is 0 Å². The van der Waals surface area contributed by atoms with Crippen LogP contribution in [-0.4, -0.2) is 34.3 Å². The van der Waals surface area contributed by atoms with Crippen molar-refractivity contribution in [3.8, 4) is 0 Å². The first-order chi connectivity index (χ1) is 7.63. The van der Waals surface area contributed by atoms with Gasteiger partial charge in [0, 0.05) is 8.80 Å². The Hall–Kier alpha value is 0.177. The zero-order chi connectivity index (χ0) is 12.2. The maximum atomic E-state index is 2.46. The minimum absolute atomic E-state index is 0.259. The molecule has 0 spiro atoms. The summed E-state index contributed by atoms with van der Waals surface area (Å²) in [6.07, 6.45) is 11.7. The number of nitrogens with zero attached hydrogens (tertiary/aromatic N) is 1. The van der Waals surface area contributed by atoms with Crippen LogP contribution >= 0.6 is 0 Å². The van der Waals surface area contributed by atoms with Gasteiger partial charge in [0.1, 0.15) is 0 Å². The van der Waals surface area contributed by atoms with Crippen LogP contribution in [0.3, 0.4) is 0 Å². The average Bonchev–Trinajstić information content (AvgIpc) is 2.20. The van der Waals surface area contributed by atoms with E-state index in [0.717, 1.165) is 0 Å². The fourth-order valence-electron chi connectivity index (χ4n) is 2.04. The van der Waals surface area contributed by atoms with Crippen molar-refractivity contribution < 1.29 is 0 Å². The molecule has 16 heavy (non-hydrogen) atoms. The van der Waals surface area contributed by atoms with Gasteiger partial charge in [-0.3, -0.25) is 0 Å². The molecule has 0 heterocycles. The largest absolute Gasteiger partial charge is 0.309 e. The van der Waals surface area contributed by atoms with Gasteiger partial charge in [0.2, 0.25) is 0 Å². The Labute approximate surface area is 105 Å². The van der Waals surface area contributed by atoms with Crippen LogP contribution in [0.1, 0.15) is 51.4 Å². The molecule has 0 unspecified atom stereocenters. The van der Waals surface area contributed by atoms with Crippen molar-refractivity contribution in [3.05, 3.63) is 0 Å². The molecule has 0 atom stereocenters. The molecule has 0 aromatic carbocycles. The Balaban J connectivity index is 2.93. The van der Waals surface area contributed by atoms with Crippen molar-refractivity contribution in [1.82, 2.24) is 4.90 Å². The third kappa shape index (κ3) is 14.2. The summed E-state index contributed by atoms with van der Waals surface area (Å²) in [6, 6.07) is 1.56. The summed E-state index contributed by atoms with van der Waals surface area (Å²) < 4.78 is 0. The van der Waals surface area contributed by atoms with Gasteiger partial charge in [-0.25, -0.2) is 0 Å². The van der Waals surface area contributed by atoms with Crippen LogP contribution in [0.15, 0.2) is 0 Å². The molecule has 0 aliphatic carbocycles. The molecule has 0 saturated carbocycles. The summed E-state index contributed by atoms with van der Waals surface area (Å²) in [6.45, 7) is 6.19. The van der Waals surface area contributed by atoms with Crippen molar-refractivity contribution >= 4 is 8.80 Å². The molecule has 0 rings (SSSR count). The second-order valence-electron chi connectivity index (χ2n) is 5.81. The van der Waals surface area contributed by atoms with Crippen LogP contribution in [0.4, 0.5) is 0 Å². The SMILES string of the molecule is CN(C)CCCCCCCCCC[SiH](C)C. The molecule has 98 valence electrons. The second-order valence-corrected chi connectivity index (χ2v) is 9.18. The maximum absolute atomic E-state index is 2.46. The Kier molecular flexibility index (Phi) is 11.8. The van der Waals surface area contributed by atoms with E-state index in [9.17, 15) is 0 Å². The lowest BCUT2D eigenvalue weighted by molar-refractivity contribution is 0.389.